The molecule has 2 atom stereocenters. The van der Waals surface area contributed by atoms with Gasteiger partial charge in [-0.2, -0.15) is 0 Å². The highest BCUT2D eigenvalue weighted by Crippen LogP contribution is 2.16. The smallest absolute Gasteiger partial charge is 0.305 e. The van der Waals surface area contributed by atoms with Crippen molar-refractivity contribution < 1.29 is 24.5 Å². The lowest BCUT2D eigenvalue weighted by molar-refractivity contribution is -0.143. The summed E-state index contributed by atoms with van der Waals surface area (Å²) in [7, 11) is 0. The largest absolute Gasteiger partial charge is 0.466 e. The lowest BCUT2D eigenvalue weighted by Gasteiger charge is -2.20. The maximum atomic E-state index is 12.4. The molecular formula is C56H105NO5. The Bertz CT molecular complexity index is 1010. The molecule has 0 saturated heterocycles. The summed E-state index contributed by atoms with van der Waals surface area (Å²) in [6.07, 6.45) is 62.9. The van der Waals surface area contributed by atoms with Crippen molar-refractivity contribution >= 4 is 11.9 Å². The van der Waals surface area contributed by atoms with Crippen molar-refractivity contribution in [3.05, 3.63) is 36.5 Å². The highest BCUT2D eigenvalue weighted by molar-refractivity contribution is 5.76. The predicted octanol–water partition coefficient (Wildman–Crippen LogP) is 16.5. The zero-order valence-electron chi connectivity index (χ0n) is 41.4. The molecule has 0 aliphatic rings. The van der Waals surface area contributed by atoms with Gasteiger partial charge in [0.2, 0.25) is 5.91 Å². The van der Waals surface area contributed by atoms with Gasteiger partial charge in [0.25, 0.3) is 0 Å². The Balaban J connectivity index is 3.47. The third kappa shape index (κ3) is 47.6. The zero-order valence-corrected chi connectivity index (χ0v) is 41.4. The molecular weight excluding hydrogens is 767 g/mol. The molecule has 0 saturated carbocycles. The zero-order chi connectivity index (χ0) is 45.1. The molecule has 0 aromatic heterocycles. The number of carbonyl (C=O) groups excluding carboxylic acids is 2. The Morgan fingerprint density at radius 3 is 1.27 bits per heavy atom. The van der Waals surface area contributed by atoms with Crippen LogP contribution in [0.25, 0.3) is 0 Å². The fourth-order valence-electron chi connectivity index (χ4n) is 8.18. The second-order valence-corrected chi connectivity index (χ2v) is 18.6. The minimum absolute atomic E-state index is 0.0128. The van der Waals surface area contributed by atoms with Gasteiger partial charge in [0.1, 0.15) is 0 Å². The van der Waals surface area contributed by atoms with Crippen LogP contribution < -0.4 is 5.32 Å². The van der Waals surface area contributed by atoms with E-state index in [4.69, 9.17) is 4.74 Å². The van der Waals surface area contributed by atoms with Crippen LogP contribution in [-0.4, -0.2) is 47.4 Å². The van der Waals surface area contributed by atoms with E-state index in [1.807, 2.05) is 6.08 Å². The Hall–Kier alpha value is -1.92. The Morgan fingerprint density at radius 1 is 0.452 bits per heavy atom. The number of unbranched alkanes of at least 4 members (excludes halogenated alkanes) is 35. The number of carbonyl (C=O) groups is 2. The van der Waals surface area contributed by atoms with Gasteiger partial charge in [-0.1, -0.05) is 249 Å². The van der Waals surface area contributed by atoms with Gasteiger partial charge in [-0.15, -0.1) is 0 Å². The monoisotopic (exact) mass is 872 g/mol. The van der Waals surface area contributed by atoms with E-state index >= 15 is 0 Å². The first-order chi connectivity index (χ1) is 30.5. The molecule has 0 fully saturated rings. The van der Waals surface area contributed by atoms with Gasteiger partial charge >= 0.3 is 5.97 Å². The molecule has 1 amide bonds. The Labute approximate surface area is 385 Å². The highest BCUT2D eigenvalue weighted by Gasteiger charge is 2.18. The van der Waals surface area contributed by atoms with Crippen LogP contribution in [0.1, 0.15) is 284 Å². The molecule has 0 aromatic carbocycles. The molecule has 6 nitrogen and oxygen atoms in total. The van der Waals surface area contributed by atoms with Crippen LogP contribution in [0.15, 0.2) is 36.5 Å². The topological polar surface area (TPSA) is 95.9 Å². The SMILES string of the molecule is CCCC/C=C\C/C=C\CCCCCCCC(=O)OCCCCCCCCCCCCCCCCCCC(=O)NC(CO)C(O)/C=C/CCCCCCCCCCCCCCC. The van der Waals surface area contributed by atoms with Crippen LogP contribution in [0.3, 0.4) is 0 Å². The standard InChI is InChI=1S/C56H105NO5/c1-3-5-7-9-11-13-15-17-21-24-28-32-36-40-44-48-54(59)53(52-58)57-55(60)49-45-41-37-33-29-25-22-19-20-23-27-31-35-39-43-47-51-62-56(61)50-46-42-38-34-30-26-18-16-14-12-10-8-6-4-2/h10,12,16,18,44,48,53-54,58-59H,3-9,11,13-15,17,19-43,45-47,49-52H2,1-2H3,(H,57,60)/b12-10-,18-16-,48-44+. The van der Waals surface area contributed by atoms with E-state index in [1.54, 1.807) is 6.08 Å². The number of nitrogens with one attached hydrogen (secondary N) is 1. The maximum absolute atomic E-state index is 12.4. The first kappa shape index (κ1) is 60.1. The molecule has 364 valence electrons. The van der Waals surface area contributed by atoms with Gasteiger partial charge in [-0.25, -0.2) is 0 Å². The van der Waals surface area contributed by atoms with E-state index in [-0.39, 0.29) is 18.5 Å². The molecule has 0 heterocycles. The normalized spacial score (nSPS) is 12.9. The minimum atomic E-state index is -0.849. The summed E-state index contributed by atoms with van der Waals surface area (Å²) in [5.41, 5.74) is 0. The maximum Gasteiger partial charge on any atom is 0.305 e. The van der Waals surface area contributed by atoms with Crippen molar-refractivity contribution in [1.82, 2.24) is 5.32 Å². The van der Waals surface area contributed by atoms with Gasteiger partial charge < -0.3 is 20.3 Å². The lowest BCUT2D eigenvalue weighted by Crippen LogP contribution is -2.45. The molecule has 0 aromatic rings. The van der Waals surface area contributed by atoms with E-state index in [0.29, 0.717) is 19.4 Å². The number of allylic oxidation sites excluding steroid dienone is 5. The second-order valence-electron chi connectivity index (χ2n) is 18.6. The number of amides is 1. The fraction of sp³-hybridized carbons (Fsp3) is 0.857. The van der Waals surface area contributed by atoms with Crippen LogP contribution in [0.2, 0.25) is 0 Å². The molecule has 0 rings (SSSR count). The first-order valence-corrected chi connectivity index (χ1v) is 27.3. The number of hydrogen-bond acceptors (Lipinski definition) is 5. The Morgan fingerprint density at radius 2 is 0.823 bits per heavy atom. The van der Waals surface area contributed by atoms with E-state index < -0.39 is 12.1 Å². The molecule has 6 heteroatoms. The molecule has 0 bridgehead atoms. The third-order valence-corrected chi connectivity index (χ3v) is 12.4. The predicted molar refractivity (Wildman–Crippen MR) is 269 cm³/mol. The minimum Gasteiger partial charge on any atom is -0.466 e. The second kappa shape index (κ2) is 51.7. The molecule has 0 radical (unpaired) electrons. The van der Waals surface area contributed by atoms with Crippen LogP contribution in [0, 0.1) is 0 Å². The van der Waals surface area contributed by atoms with E-state index in [0.717, 1.165) is 57.8 Å². The molecule has 0 aliphatic carbocycles. The average molecular weight is 872 g/mol. The van der Waals surface area contributed by atoms with Crippen molar-refractivity contribution in [1.29, 1.82) is 0 Å². The number of rotatable bonds is 50. The summed E-state index contributed by atoms with van der Waals surface area (Å²) >= 11 is 0. The number of hydrogen-bond donors (Lipinski definition) is 3. The summed E-state index contributed by atoms with van der Waals surface area (Å²) in [5.74, 6) is -0.0879. The van der Waals surface area contributed by atoms with Crippen molar-refractivity contribution in [2.75, 3.05) is 13.2 Å². The fourth-order valence-corrected chi connectivity index (χ4v) is 8.18. The van der Waals surface area contributed by atoms with Crippen LogP contribution in [-0.2, 0) is 14.3 Å². The summed E-state index contributed by atoms with van der Waals surface area (Å²) in [5, 5.41) is 23.1. The van der Waals surface area contributed by atoms with Gasteiger partial charge in [-0.05, 0) is 57.8 Å². The van der Waals surface area contributed by atoms with E-state index in [2.05, 4.69) is 43.5 Å². The van der Waals surface area contributed by atoms with Crippen molar-refractivity contribution in [2.24, 2.45) is 0 Å². The van der Waals surface area contributed by atoms with Gasteiger partial charge in [0.05, 0.1) is 25.4 Å². The third-order valence-electron chi connectivity index (χ3n) is 12.4. The van der Waals surface area contributed by atoms with Gasteiger partial charge in [0, 0.05) is 12.8 Å². The molecule has 62 heavy (non-hydrogen) atoms. The Kier molecular flexibility index (Phi) is 50.1. The summed E-state index contributed by atoms with van der Waals surface area (Å²) in [6.45, 7) is 4.84. The first-order valence-electron chi connectivity index (χ1n) is 27.3. The van der Waals surface area contributed by atoms with Crippen molar-refractivity contribution in [3.8, 4) is 0 Å². The number of aliphatic hydroxyl groups excluding tert-OH is 2. The highest BCUT2D eigenvalue weighted by atomic mass is 16.5. The van der Waals surface area contributed by atoms with E-state index in [9.17, 15) is 19.8 Å². The van der Waals surface area contributed by atoms with Crippen molar-refractivity contribution in [3.63, 3.8) is 0 Å². The van der Waals surface area contributed by atoms with Gasteiger partial charge in [0.15, 0.2) is 0 Å². The van der Waals surface area contributed by atoms with Crippen molar-refractivity contribution in [2.45, 2.75) is 296 Å². The molecule has 2 unspecified atom stereocenters. The molecule has 0 aliphatic heterocycles. The van der Waals surface area contributed by atoms with E-state index in [1.165, 1.54) is 199 Å². The summed E-state index contributed by atoms with van der Waals surface area (Å²) in [6, 6.07) is -0.633. The van der Waals surface area contributed by atoms with Crippen LogP contribution in [0.4, 0.5) is 0 Å². The number of aliphatic hydroxyl groups is 2. The quantitative estimate of drug-likeness (QED) is 0.0321. The number of esters is 1. The molecule has 3 N–H and O–H groups in total. The molecule has 0 spiro atoms. The van der Waals surface area contributed by atoms with Crippen LogP contribution >= 0.6 is 0 Å². The van der Waals surface area contributed by atoms with Crippen LogP contribution in [0.5, 0.6) is 0 Å². The van der Waals surface area contributed by atoms with Gasteiger partial charge in [-0.3, -0.25) is 9.59 Å². The summed E-state index contributed by atoms with van der Waals surface area (Å²) < 4.78 is 5.46. The number of ether oxygens (including phenoxy) is 1. The lowest BCUT2D eigenvalue weighted by atomic mass is 10.0. The summed E-state index contributed by atoms with van der Waals surface area (Å²) in [4.78, 5) is 24.5. The average Bonchev–Trinajstić information content (AvgIpc) is 3.27.